The molecule has 5 atom stereocenters. The number of carbonyl (C=O) groups is 4. The van der Waals surface area contributed by atoms with Crippen LogP contribution in [-0.4, -0.2) is 96.7 Å². The van der Waals surface area contributed by atoms with E-state index in [1.165, 1.54) is 64.2 Å². The summed E-state index contributed by atoms with van der Waals surface area (Å²) in [6.45, 7) is 4.38. The number of phosphoric ester groups is 2. The largest absolute Gasteiger partial charge is 0.472 e. The van der Waals surface area contributed by atoms with Gasteiger partial charge in [-0.15, -0.1) is 0 Å². The van der Waals surface area contributed by atoms with Crippen LogP contribution in [0, 0.1) is 0 Å². The van der Waals surface area contributed by atoms with Gasteiger partial charge in [-0.1, -0.05) is 325 Å². The maximum Gasteiger partial charge on any atom is 0.472 e. The van der Waals surface area contributed by atoms with Gasteiger partial charge in [0.05, 0.1) is 26.4 Å². The molecule has 634 valence electrons. The molecule has 0 aliphatic carbocycles. The Bertz CT molecular complexity index is 2890. The zero-order chi connectivity index (χ0) is 81.7. The van der Waals surface area contributed by atoms with Crippen LogP contribution < -0.4 is 0 Å². The van der Waals surface area contributed by atoms with Gasteiger partial charge < -0.3 is 33.8 Å². The monoisotopic (exact) mass is 1600 g/mol. The van der Waals surface area contributed by atoms with E-state index in [9.17, 15) is 43.2 Å². The Hall–Kier alpha value is -6.10. The summed E-state index contributed by atoms with van der Waals surface area (Å²) in [5.74, 6) is -2.36. The van der Waals surface area contributed by atoms with Crippen LogP contribution in [-0.2, 0) is 65.4 Å². The summed E-state index contributed by atoms with van der Waals surface area (Å²) in [7, 11) is -10.0. The average Bonchev–Trinajstić information content (AvgIpc) is 0.897. The van der Waals surface area contributed by atoms with Gasteiger partial charge in [0.2, 0.25) is 0 Å². The van der Waals surface area contributed by atoms with Crippen LogP contribution in [0.15, 0.2) is 194 Å². The first kappa shape index (κ1) is 106. The van der Waals surface area contributed by atoms with Gasteiger partial charge in [-0.2, -0.15) is 0 Å². The molecule has 0 amide bonds. The number of phosphoric acid groups is 2. The topological polar surface area (TPSA) is 237 Å². The summed E-state index contributed by atoms with van der Waals surface area (Å²) in [5, 5.41) is 10.7. The van der Waals surface area contributed by atoms with Gasteiger partial charge in [-0.05, 0) is 154 Å². The highest BCUT2D eigenvalue weighted by Gasteiger charge is 2.30. The number of hydrogen-bond acceptors (Lipinski definition) is 15. The maximum atomic E-state index is 13.1. The number of ether oxygens (including phenoxy) is 4. The van der Waals surface area contributed by atoms with Crippen molar-refractivity contribution in [3.63, 3.8) is 0 Å². The number of allylic oxidation sites excluding steroid dienone is 32. The molecule has 17 nitrogen and oxygen atoms in total. The Labute approximate surface area is 678 Å². The molecule has 0 spiro atoms. The molecule has 0 aliphatic rings. The third-order valence-electron chi connectivity index (χ3n) is 17.1. The van der Waals surface area contributed by atoms with Gasteiger partial charge in [-0.25, -0.2) is 9.13 Å². The Morgan fingerprint density at radius 2 is 0.482 bits per heavy atom. The lowest BCUT2D eigenvalue weighted by Crippen LogP contribution is -2.30. The highest BCUT2D eigenvalue weighted by atomic mass is 31.2. The van der Waals surface area contributed by atoms with E-state index < -0.39 is 97.5 Å². The molecule has 0 heterocycles. The number of unbranched alkanes of at least 4 members (excludes halogenated alkanes) is 20. The van der Waals surface area contributed by atoms with Crippen molar-refractivity contribution in [2.24, 2.45) is 0 Å². The molecule has 0 aromatic carbocycles. The van der Waals surface area contributed by atoms with Crippen LogP contribution in [0.25, 0.3) is 0 Å². The van der Waals surface area contributed by atoms with Crippen LogP contribution in [0.1, 0.15) is 310 Å². The predicted octanol–water partition coefficient (Wildman–Crippen LogP) is 25.7. The standard InChI is InChI=1S/C93H150O17P2/c1-5-9-13-17-21-25-29-33-37-40-43-46-50-54-58-62-66-70-74-78-91(96)104-84-89(110-93(98)80-76-72-68-64-60-56-52-48-45-42-39-35-31-27-23-19-15-11-7-3)86-108-112(101,102)106-82-87(94)81-105-111(99,100)107-85-88(83-103-90(95)77-73-69-65-61-57-53-49-36-32-28-24-20-16-12-8-4)109-92(97)79-75-71-67-63-59-55-51-47-44-41-38-34-30-26-22-18-14-10-6-2/h9-11,13-15,21-23,25-27,33-35,37-39,43-48,54-56,58-60,67,71,87-89,94H,5-8,12,16-20,24,28-32,36,40-42,49-53,57,61-66,68-70,72-86H2,1-4H3,(H,99,100)(H,101,102)/b13-9-,14-10-,15-11-,25-21-,26-22-,27-23-,37-33-,38-34-,39-35-,46-43-,47-44-,48-45-,58-54-,59-55-,60-56-,71-67-/t87-,88+,89+/m0/s1. The van der Waals surface area contributed by atoms with E-state index in [-0.39, 0.29) is 25.7 Å². The SMILES string of the molecule is CC/C=C\C/C=C\C/C=C\C/C=C\C/C=C\C/C=C\CCC(=O)O[C@H](COC(=O)CCCCCCCCCCCCCCCCC)COP(=O)(O)OC[C@H](O)COP(=O)(O)OC[C@@H](COC(=O)CCCCC/C=C\C/C=C\C/C=C\C/C=C\C/C=C\CC)OC(=O)CCCCC/C=C\C/C=C\C/C=C\C/C=C\C/C=C\CC. The number of aliphatic hydroxyl groups is 1. The molecule has 0 aliphatic heterocycles. The second-order valence-electron chi connectivity index (χ2n) is 27.6. The van der Waals surface area contributed by atoms with Crippen LogP contribution in [0.5, 0.6) is 0 Å². The third kappa shape index (κ3) is 81.9. The molecule has 112 heavy (non-hydrogen) atoms. The van der Waals surface area contributed by atoms with Crippen molar-refractivity contribution in [3.05, 3.63) is 194 Å². The first-order valence-corrected chi connectivity index (χ1v) is 45.7. The van der Waals surface area contributed by atoms with Crippen molar-refractivity contribution in [1.82, 2.24) is 0 Å². The van der Waals surface area contributed by atoms with E-state index in [4.69, 9.17) is 37.0 Å². The number of rotatable bonds is 78. The molecular formula is C93H150O17P2. The highest BCUT2D eigenvalue weighted by molar-refractivity contribution is 7.47. The molecule has 0 radical (unpaired) electrons. The lowest BCUT2D eigenvalue weighted by atomic mass is 10.0. The van der Waals surface area contributed by atoms with Gasteiger partial charge >= 0.3 is 39.5 Å². The first-order chi connectivity index (χ1) is 54.7. The fraction of sp³-hybridized carbons (Fsp3) is 0.613. The average molecular weight is 1600 g/mol. The van der Waals surface area contributed by atoms with Gasteiger partial charge in [0, 0.05) is 25.7 Å². The van der Waals surface area contributed by atoms with Gasteiger partial charge in [0.15, 0.2) is 12.2 Å². The Kier molecular flexibility index (Phi) is 78.4. The normalized spacial score (nSPS) is 14.7. The van der Waals surface area contributed by atoms with E-state index >= 15 is 0 Å². The molecule has 0 aromatic heterocycles. The Balaban J connectivity index is 5.54. The van der Waals surface area contributed by atoms with Crippen LogP contribution in [0.2, 0.25) is 0 Å². The van der Waals surface area contributed by atoms with Crippen LogP contribution in [0.3, 0.4) is 0 Å². The second kappa shape index (κ2) is 82.9. The number of carbonyl (C=O) groups excluding carboxylic acids is 4. The summed E-state index contributed by atoms with van der Waals surface area (Å²) < 4.78 is 68.7. The van der Waals surface area contributed by atoms with E-state index in [1.807, 2.05) is 18.2 Å². The molecule has 3 N–H and O–H groups in total. The summed E-state index contributed by atoms with van der Waals surface area (Å²) in [4.78, 5) is 73.2. The lowest BCUT2D eigenvalue weighted by Gasteiger charge is -2.21. The predicted molar refractivity (Wildman–Crippen MR) is 463 cm³/mol. The smallest absolute Gasteiger partial charge is 0.462 e. The Morgan fingerprint density at radius 3 is 0.768 bits per heavy atom. The van der Waals surface area contributed by atoms with E-state index in [0.717, 1.165) is 161 Å². The number of esters is 4. The zero-order valence-corrected chi connectivity index (χ0v) is 71.3. The van der Waals surface area contributed by atoms with Crippen molar-refractivity contribution in [2.75, 3.05) is 39.6 Å². The molecule has 0 rings (SSSR count). The second-order valence-corrected chi connectivity index (χ2v) is 30.5. The summed E-state index contributed by atoms with van der Waals surface area (Å²) in [6, 6.07) is 0. The van der Waals surface area contributed by atoms with Crippen molar-refractivity contribution in [3.8, 4) is 0 Å². The molecule has 0 saturated carbocycles. The van der Waals surface area contributed by atoms with Gasteiger partial charge in [0.1, 0.15) is 19.3 Å². The molecule has 0 bridgehead atoms. The zero-order valence-electron chi connectivity index (χ0n) is 69.5. The molecule has 0 saturated heterocycles. The van der Waals surface area contributed by atoms with Crippen LogP contribution in [0.4, 0.5) is 0 Å². The lowest BCUT2D eigenvalue weighted by molar-refractivity contribution is -0.161. The summed E-state index contributed by atoms with van der Waals surface area (Å²) in [5.41, 5.74) is 0. The highest BCUT2D eigenvalue weighted by Crippen LogP contribution is 2.45. The Morgan fingerprint density at radius 1 is 0.259 bits per heavy atom. The summed E-state index contributed by atoms with van der Waals surface area (Å²) in [6.07, 6.45) is 103. The minimum atomic E-state index is -5.02. The fourth-order valence-electron chi connectivity index (χ4n) is 10.7. The molecule has 0 aromatic rings. The first-order valence-electron chi connectivity index (χ1n) is 42.7. The minimum Gasteiger partial charge on any atom is -0.462 e. The van der Waals surface area contributed by atoms with E-state index in [0.29, 0.717) is 32.1 Å². The number of aliphatic hydroxyl groups excluding tert-OH is 1. The maximum absolute atomic E-state index is 13.1. The van der Waals surface area contributed by atoms with E-state index in [2.05, 4.69) is 204 Å². The van der Waals surface area contributed by atoms with Crippen molar-refractivity contribution in [1.29, 1.82) is 0 Å². The van der Waals surface area contributed by atoms with Gasteiger partial charge in [0.25, 0.3) is 0 Å². The van der Waals surface area contributed by atoms with Crippen molar-refractivity contribution >= 4 is 39.5 Å². The molecule has 2 unspecified atom stereocenters. The minimum absolute atomic E-state index is 0.0366. The molecule has 0 fully saturated rings. The number of hydrogen-bond donors (Lipinski definition) is 3. The molecule has 19 heteroatoms. The third-order valence-corrected chi connectivity index (χ3v) is 19.0. The molecular weight excluding hydrogens is 1450 g/mol. The van der Waals surface area contributed by atoms with Crippen molar-refractivity contribution < 1.29 is 80.2 Å². The quantitative estimate of drug-likeness (QED) is 0.0169. The fourth-order valence-corrected chi connectivity index (χ4v) is 12.3. The van der Waals surface area contributed by atoms with Gasteiger partial charge in [-0.3, -0.25) is 37.3 Å². The van der Waals surface area contributed by atoms with Crippen molar-refractivity contribution in [2.45, 2.75) is 329 Å². The van der Waals surface area contributed by atoms with Crippen LogP contribution >= 0.6 is 15.6 Å². The van der Waals surface area contributed by atoms with E-state index in [1.54, 1.807) is 0 Å². The summed E-state index contributed by atoms with van der Waals surface area (Å²) >= 11 is 0.